The van der Waals surface area contributed by atoms with Gasteiger partial charge in [0.2, 0.25) is 11.8 Å². The van der Waals surface area contributed by atoms with Gasteiger partial charge < -0.3 is 4.90 Å². The van der Waals surface area contributed by atoms with Crippen molar-refractivity contribution in [2.24, 2.45) is 11.8 Å². The van der Waals surface area contributed by atoms with Crippen molar-refractivity contribution in [1.29, 1.82) is 0 Å². The van der Waals surface area contributed by atoms with Crippen molar-refractivity contribution in [3.05, 3.63) is 40.5 Å². The van der Waals surface area contributed by atoms with Crippen molar-refractivity contribution in [3.8, 4) is 0 Å². The molecule has 0 radical (unpaired) electrons. The average Bonchev–Trinajstić information content (AvgIpc) is 2.86. The van der Waals surface area contributed by atoms with E-state index in [9.17, 15) is 19.7 Å². The van der Waals surface area contributed by atoms with Crippen molar-refractivity contribution >= 4 is 28.9 Å². The first-order valence-electron chi connectivity index (χ1n) is 9.64. The number of nitro benzene ring substituents is 1. The molecular weight excluding hydrogens is 346 g/mol. The van der Waals surface area contributed by atoms with Crippen LogP contribution >= 0.6 is 0 Å². The Labute approximate surface area is 157 Å². The molecule has 0 unspecified atom stereocenters. The van der Waals surface area contributed by atoms with E-state index in [0.717, 1.165) is 43.7 Å². The Hall–Kier alpha value is -2.70. The molecule has 27 heavy (non-hydrogen) atoms. The summed E-state index contributed by atoms with van der Waals surface area (Å²) < 4.78 is 0. The molecule has 7 nitrogen and oxygen atoms in total. The highest BCUT2D eigenvalue weighted by Gasteiger charge is 2.48. The summed E-state index contributed by atoms with van der Waals surface area (Å²) in [6.45, 7) is 1.58. The Morgan fingerprint density at radius 1 is 0.926 bits per heavy atom. The number of carbonyl (C=O) groups is 2. The van der Waals surface area contributed by atoms with Crippen LogP contribution in [0.4, 0.5) is 17.1 Å². The zero-order chi connectivity index (χ0) is 19.0. The fourth-order valence-corrected chi connectivity index (χ4v) is 4.43. The van der Waals surface area contributed by atoms with Crippen LogP contribution in [-0.4, -0.2) is 29.8 Å². The van der Waals surface area contributed by atoms with Gasteiger partial charge in [0, 0.05) is 19.2 Å². The molecule has 0 bridgehead atoms. The second-order valence-corrected chi connectivity index (χ2v) is 7.50. The van der Waals surface area contributed by atoms with E-state index in [0.29, 0.717) is 24.2 Å². The van der Waals surface area contributed by atoms with Crippen molar-refractivity contribution in [2.45, 2.75) is 38.5 Å². The van der Waals surface area contributed by atoms with Crippen LogP contribution in [0, 0.1) is 22.0 Å². The van der Waals surface area contributed by atoms with Gasteiger partial charge in [-0.25, -0.2) is 4.90 Å². The fraction of sp³-hybridized carbons (Fsp3) is 0.500. The largest absolute Gasteiger partial charge is 0.366 e. The molecule has 2 heterocycles. The van der Waals surface area contributed by atoms with Gasteiger partial charge in [-0.3, -0.25) is 19.7 Å². The third-order valence-corrected chi connectivity index (χ3v) is 5.87. The highest BCUT2D eigenvalue weighted by molar-refractivity contribution is 6.22. The summed E-state index contributed by atoms with van der Waals surface area (Å²) >= 11 is 0. The maximum Gasteiger partial charge on any atom is 0.294 e. The summed E-state index contributed by atoms with van der Waals surface area (Å²) in [6, 6.07) is 4.76. The normalized spacial score (nSPS) is 25.5. The molecule has 2 fully saturated rings. The maximum atomic E-state index is 12.8. The van der Waals surface area contributed by atoms with Crippen molar-refractivity contribution in [3.63, 3.8) is 0 Å². The third-order valence-electron chi connectivity index (χ3n) is 5.87. The topological polar surface area (TPSA) is 83.8 Å². The highest BCUT2D eigenvalue weighted by atomic mass is 16.6. The van der Waals surface area contributed by atoms with Crippen molar-refractivity contribution < 1.29 is 14.5 Å². The molecule has 4 rings (SSSR count). The molecule has 0 saturated carbocycles. The van der Waals surface area contributed by atoms with Crippen molar-refractivity contribution in [1.82, 2.24) is 0 Å². The van der Waals surface area contributed by atoms with E-state index in [1.165, 1.54) is 6.07 Å². The third kappa shape index (κ3) is 3.11. The van der Waals surface area contributed by atoms with E-state index in [1.807, 2.05) is 17.1 Å². The Balaban J connectivity index is 1.68. The number of benzene rings is 1. The zero-order valence-electron chi connectivity index (χ0n) is 15.2. The van der Waals surface area contributed by atoms with Gasteiger partial charge in [-0.2, -0.15) is 0 Å². The van der Waals surface area contributed by atoms with Gasteiger partial charge in [-0.05, 0) is 37.8 Å². The number of amides is 2. The van der Waals surface area contributed by atoms with Crippen LogP contribution in [0.25, 0.3) is 0 Å². The van der Waals surface area contributed by atoms with Gasteiger partial charge >= 0.3 is 0 Å². The summed E-state index contributed by atoms with van der Waals surface area (Å²) in [6.07, 6.45) is 9.27. The number of hydrogen-bond donors (Lipinski definition) is 0. The first kappa shape index (κ1) is 17.7. The van der Waals surface area contributed by atoms with Crippen LogP contribution in [0.15, 0.2) is 30.4 Å². The number of allylic oxidation sites excluding steroid dienone is 2. The summed E-state index contributed by atoms with van der Waals surface area (Å²) in [5.41, 5.74) is 0.844. The molecule has 2 aliphatic heterocycles. The Kier molecular flexibility index (Phi) is 4.68. The van der Waals surface area contributed by atoms with Crippen LogP contribution in [0.1, 0.15) is 38.5 Å². The summed E-state index contributed by atoms with van der Waals surface area (Å²) in [4.78, 5) is 40.0. The molecular formula is C20H23N3O4. The molecule has 0 aromatic heterocycles. The Morgan fingerprint density at radius 3 is 2.07 bits per heavy atom. The minimum Gasteiger partial charge on any atom is -0.366 e. The lowest BCUT2D eigenvalue weighted by atomic mass is 9.85. The number of nitrogens with zero attached hydrogens (tertiary/aromatic N) is 3. The van der Waals surface area contributed by atoms with E-state index in [1.54, 1.807) is 12.1 Å². The molecule has 2 amide bonds. The smallest absolute Gasteiger partial charge is 0.294 e. The van der Waals surface area contributed by atoms with Gasteiger partial charge in [0.1, 0.15) is 5.69 Å². The van der Waals surface area contributed by atoms with Gasteiger partial charge in [-0.15, -0.1) is 0 Å². The monoisotopic (exact) mass is 369 g/mol. The zero-order valence-corrected chi connectivity index (χ0v) is 15.2. The number of rotatable bonds is 3. The van der Waals surface area contributed by atoms with Gasteiger partial charge in [0.25, 0.3) is 5.69 Å². The molecule has 7 heteroatoms. The molecule has 0 spiro atoms. The summed E-state index contributed by atoms with van der Waals surface area (Å²) in [5.74, 6) is -1.17. The van der Waals surface area contributed by atoms with E-state index in [-0.39, 0.29) is 29.3 Å². The number of hydrogen-bond acceptors (Lipinski definition) is 5. The predicted molar refractivity (Wildman–Crippen MR) is 102 cm³/mol. The lowest BCUT2D eigenvalue weighted by Crippen LogP contribution is -2.31. The van der Waals surface area contributed by atoms with Gasteiger partial charge in [-0.1, -0.05) is 25.0 Å². The standard InChI is InChI=1S/C20H23N3O4/c24-19-15-7-3-4-8-16(15)20(25)22(19)14-9-10-17(18(13-14)23(26)27)21-11-5-1-2-6-12-21/h3-4,9-10,13,15-16H,1-2,5-8,11-12H2/t15-,16-/m0/s1. The Bertz CT molecular complexity index is 785. The second-order valence-electron chi connectivity index (χ2n) is 7.50. The SMILES string of the molecule is O=C1[C@H]2CC=CC[C@@H]2C(=O)N1c1ccc(N2CCCCCC2)c([N+](=O)[O-])c1. The fourth-order valence-electron chi connectivity index (χ4n) is 4.43. The quantitative estimate of drug-likeness (QED) is 0.353. The van der Waals surface area contributed by atoms with Gasteiger partial charge in [0.15, 0.2) is 0 Å². The lowest BCUT2D eigenvalue weighted by molar-refractivity contribution is -0.384. The van der Waals surface area contributed by atoms with Crippen molar-refractivity contribution in [2.75, 3.05) is 22.9 Å². The summed E-state index contributed by atoms with van der Waals surface area (Å²) in [7, 11) is 0. The molecule has 2 saturated heterocycles. The Morgan fingerprint density at radius 2 is 1.52 bits per heavy atom. The number of fused-ring (bicyclic) bond motifs is 1. The molecule has 142 valence electrons. The minimum absolute atomic E-state index is 0.0389. The number of nitro groups is 1. The summed E-state index contributed by atoms with van der Waals surface area (Å²) in [5, 5.41) is 11.7. The van der Waals surface area contributed by atoms with Crippen LogP contribution < -0.4 is 9.80 Å². The van der Waals surface area contributed by atoms with E-state index in [2.05, 4.69) is 0 Å². The first-order chi connectivity index (χ1) is 13.1. The predicted octanol–water partition coefficient (Wildman–Crippen LogP) is 3.43. The highest BCUT2D eigenvalue weighted by Crippen LogP contribution is 2.40. The molecule has 3 aliphatic rings. The number of anilines is 2. The molecule has 2 atom stereocenters. The van der Waals surface area contributed by atoms with Crippen LogP contribution in [0.3, 0.4) is 0 Å². The van der Waals surface area contributed by atoms with E-state index < -0.39 is 4.92 Å². The number of carbonyl (C=O) groups excluding carboxylic acids is 2. The molecule has 1 aliphatic carbocycles. The maximum absolute atomic E-state index is 12.8. The molecule has 0 N–H and O–H groups in total. The van der Waals surface area contributed by atoms with Crippen LogP contribution in [0.5, 0.6) is 0 Å². The molecule has 1 aromatic carbocycles. The second kappa shape index (κ2) is 7.13. The van der Waals surface area contributed by atoms with Gasteiger partial charge in [0.05, 0.1) is 22.4 Å². The van der Waals surface area contributed by atoms with Crippen LogP contribution in [0.2, 0.25) is 0 Å². The molecule has 1 aromatic rings. The van der Waals surface area contributed by atoms with E-state index >= 15 is 0 Å². The minimum atomic E-state index is -0.413. The first-order valence-corrected chi connectivity index (χ1v) is 9.64. The van der Waals surface area contributed by atoms with E-state index in [4.69, 9.17) is 0 Å². The lowest BCUT2D eigenvalue weighted by Gasteiger charge is -2.23. The number of imide groups is 1. The average molecular weight is 369 g/mol. The van der Waals surface area contributed by atoms with Crippen LogP contribution in [-0.2, 0) is 9.59 Å².